The van der Waals surface area contributed by atoms with E-state index in [0.717, 1.165) is 5.56 Å². The summed E-state index contributed by atoms with van der Waals surface area (Å²) in [6.45, 7) is 3.40. The van der Waals surface area contributed by atoms with Crippen LogP contribution in [-0.4, -0.2) is 47.6 Å². The van der Waals surface area contributed by atoms with Crippen LogP contribution in [0.5, 0.6) is 0 Å². The molecule has 1 fully saturated rings. The number of benzene rings is 1. The van der Waals surface area contributed by atoms with Crippen molar-refractivity contribution in [1.29, 1.82) is 0 Å². The lowest BCUT2D eigenvalue weighted by Gasteiger charge is -2.29. The highest BCUT2D eigenvalue weighted by atomic mass is 32.2. The summed E-state index contributed by atoms with van der Waals surface area (Å²) in [4.78, 5) is 37.8. The predicted molar refractivity (Wildman–Crippen MR) is 126 cm³/mol. The normalized spacial score (nSPS) is 21.5. The van der Waals surface area contributed by atoms with Crippen LogP contribution in [0.4, 0.5) is 0 Å². The summed E-state index contributed by atoms with van der Waals surface area (Å²) in [6, 6.07) is 10.9. The fourth-order valence-electron chi connectivity index (χ4n) is 2.95. The Bertz CT molecular complexity index is 860. The van der Waals surface area contributed by atoms with Crippen LogP contribution in [0.15, 0.2) is 47.2 Å². The molecule has 9 heteroatoms. The molecule has 1 aliphatic rings. The molecule has 1 aromatic heterocycles. The fraction of sp³-hybridized carbons (Fsp3) is 0.381. The van der Waals surface area contributed by atoms with E-state index in [1.807, 2.05) is 35.7 Å². The molecule has 0 unspecified atom stereocenters. The summed E-state index contributed by atoms with van der Waals surface area (Å²) in [5, 5.41) is 9.17. The summed E-state index contributed by atoms with van der Waals surface area (Å²) >= 11 is 2.97. The molecule has 0 bridgehead atoms. The van der Waals surface area contributed by atoms with Crippen molar-refractivity contribution in [3.63, 3.8) is 0 Å². The molecule has 1 aliphatic heterocycles. The van der Waals surface area contributed by atoms with Crippen LogP contribution >= 0.6 is 36.6 Å². The predicted octanol–water partition coefficient (Wildman–Crippen LogP) is 2.76. The standard InChI is InChI=1S/C21H24N2O4S2.H2S/c1-14-21(2,18(24)10-27-14)23-20(26)17(22-19(25)16-8-9-28-12-16)13-29-11-15-6-4-3-5-7-15;/h3-9,12,14,17H,10-11,13H2,1-2H3,(H,22,25)(H,23,26);1H2/t14-,17+,21-;/m1./s1. The smallest absolute Gasteiger partial charge is 0.252 e. The van der Waals surface area contributed by atoms with Crippen LogP contribution in [-0.2, 0) is 20.1 Å². The highest BCUT2D eigenvalue weighted by Gasteiger charge is 2.47. The Kier molecular flexibility index (Phi) is 8.96. The first-order chi connectivity index (χ1) is 13.9. The first kappa shape index (κ1) is 24.5. The number of amides is 2. The molecule has 6 nitrogen and oxygen atoms in total. The van der Waals surface area contributed by atoms with Crippen molar-refractivity contribution in [1.82, 2.24) is 10.6 Å². The van der Waals surface area contributed by atoms with E-state index in [1.165, 1.54) is 11.3 Å². The Morgan fingerprint density at radius 3 is 2.63 bits per heavy atom. The Morgan fingerprint density at radius 1 is 1.30 bits per heavy atom. The highest BCUT2D eigenvalue weighted by Crippen LogP contribution is 2.23. The molecule has 1 aromatic carbocycles. The SMILES string of the molecule is C[C@H]1OCC(=O)[C@]1(C)NC(=O)[C@H](CSCc1ccccc1)NC(=O)c1ccsc1.S. The molecule has 3 atom stereocenters. The van der Waals surface area contributed by atoms with Crippen molar-refractivity contribution < 1.29 is 19.1 Å². The number of Topliss-reactive ketones (excluding diaryl/α,β-unsaturated/α-hetero) is 1. The van der Waals surface area contributed by atoms with Gasteiger partial charge in [-0.25, -0.2) is 0 Å². The number of hydrogen-bond donors (Lipinski definition) is 2. The van der Waals surface area contributed by atoms with Gasteiger partial charge in [-0.15, -0.1) is 0 Å². The summed E-state index contributed by atoms with van der Waals surface area (Å²) in [6.07, 6.45) is -0.427. The number of rotatable bonds is 8. The second-order valence-electron chi connectivity index (χ2n) is 7.11. The van der Waals surface area contributed by atoms with Crippen molar-refractivity contribution in [3.05, 3.63) is 58.3 Å². The third-order valence-corrected chi connectivity index (χ3v) is 6.83. The number of thiophene rings is 1. The number of thioether (sulfide) groups is 1. The number of carbonyl (C=O) groups is 3. The maximum atomic E-state index is 13.0. The molecule has 2 N–H and O–H groups in total. The van der Waals surface area contributed by atoms with Gasteiger partial charge in [0.2, 0.25) is 5.91 Å². The Balaban J connectivity index is 0.00000320. The minimum atomic E-state index is -1.09. The number of hydrogen-bond acceptors (Lipinski definition) is 6. The monoisotopic (exact) mass is 466 g/mol. The molecule has 2 aromatic rings. The van der Waals surface area contributed by atoms with E-state index in [4.69, 9.17) is 4.74 Å². The van der Waals surface area contributed by atoms with Crippen LogP contribution < -0.4 is 10.6 Å². The Labute approximate surface area is 191 Å². The molecule has 0 radical (unpaired) electrons. The minimum Gasteiger partial charge on any atom is -0.368 e. The van der Waals surface area contributed by atoms with E-state index in [-0.39, 0.29) is 37.7 Å². The summed E-state index contributed by atoms with van der Waals surface area (Å²) < 4.78 is 5.38. The van der Waals surface area contributed by atoms with E-state index in [0.29, 0.717) is 17.1 Å². The zero-order valence-corrected chi connectivity index (χ0v) is 19.5. The van der Waals surface area contributed by atoms with Crippen molar-refractivity contribution in [2.45, 2.75) is 37.3 Å². The second kappa shape index (κ2) is 11.0. The van der Waals surface area contributed by atoms with Crippen molar-refractivity contribution >= 4 is 54.2 Å². The number of ketones is 1. The third-order valence-electron chi connectivity index (χ3n) is 5.04. The summed E-state index contributed by atoms with van der Waals surface area (Å²) in [5.74, 6) is 0.240. The average molecular weight is 467 g/mol. The Hall–Kier alpha value is -1.81. The second-order valence-corrected chi connectivity index (χ2v) is 8.92. The van der Waals surface area contributed by atoms with Gasteiger partial charge in [-0.1, -0.05) is 30.3 Å². The van der Waals surface area contributed by atoms with Gasteiger partial charge in [0.15, 0.2) is 5.78 Å². The van der Waals surface area contributed by atoms with Gasteiger partial charge in [-0.2, -0.15) is 36.6 Å². The summed E-state index contributed by atoms with van der Waals surface area (Å²) in [5.41, 5.74) is 0.563. The van der Waals surface area contributed by atoms with E-state index >= 15 is 0 Å². The number of nitrogens with one attached hydrogen (secondary N) is 2. The van der Waals surface area contributed by atoms with Gasteiger partial charge in [-0.05, 0) is 30.9 Å². The maximum Gasteiger partial charge on any atom is 0.252 e. The molecule has 0 aliphatic carbocycles. The molecular weight excluding hydrogens is 440 g/mol. The van der Waals surface area contributed by atoms with E-state index in [9.17, 15) is 14.4 Å². The topological polar surface area (TPSA) is 84.5 Å². The van der Waals surface area contributed by atoms with Crippen molar-refractivity contribution in [3.8, 4) is 0 Å². The first-order valence-corrected chi connectivity index (χ1v) is 11.4. The lowest BCUT2D eigenvalue weighted by Crippen LogP contribution is -2.60. The lowest BCUT2D eigenvalue weighted by molar-refractivity contribution is -0.130. The first-order valence-electron chi connectivity index (χ1n) is 9.32. The van der Waals surface area contributed by atoms with E-state index < -0.39 is 17.7 Å². The number of carbonyl (C=O) groups excluding carboxylic acids is 3. The Morgan fingerprint density at radius 2 is 2.03 bits per heavy atom. The molecule has 30 heavy (non-hydrogen) atoms. The lowest BCUT2D eigenvalue weighted by atomic mass is 9.93. The molecule has 162 valence electrons. The number of ether oxygens (including phenoxy) is 1. The van der Waals surface area contributed by atoms with Crippen LogP contribution in [0.1, 0.15) is 29.8 Å². The van der Waals surface area contributed by atoms with Gasteiger partial charge in [0.1, 0.15) is 18.2 Å². The maximum absolute atomic E-state index is 13.0. The average Bonchev–Trinajstić information content (AvgIpc) is 3.33. The van der Waals surface area contributed by atoms with Crippen molar-refractivity contribution in [2.75, 3.05) is 12.4 Å². The zero-order valence-electron chi connectivity index (χ0n) is 16.8. The molecular formula is C21H26N2O4S3. The van der Waals surface area contributed by atoms with Crippen LogP contribution in [0.3, 0.4) is 0 Å². The zero-order chi connectivity index (χ0) is 20.9. The van der Waals surface area contributed by atoms with Crippen molar-refractivity contribution in [2.24, 2.45) is 0 Å². The molecule has 1 saturated heterocycles. The van der Waals surface area contributed by atoms with Gasteiger partial charge >= 0.3 is 0 Å². The van der Waals surface area contributed by atoms with Gasteiger partial charge in [-0.3, -0.25) is 14.4 Å². The molecule has 2 amide bonds. The van der Waals surface area contributed by atoms with Crippen LogP contribution in [0.2, 0.25) is 0 Å². The molecule has 0 saturated carbocycles. The third kappa shape index (κ3) is 5.87. The van der Waals surface area contributed by atoms with Crippen LogP contribution in [0.25, 0.3) is 0 Å². The quantitative estimate of drug-likeness (QED) is 0.625. The highest BCUT2D eigenvalue weighted by molar-refractivity contribution is 7.98. The van der Waals surface area contributed by atoms with Gasteiger partial charge in [0.05, 0.1) is 11.7 Å². The molecule has 0 spiro atoms. The summed E-state index contributed by atoms with van der Waals surface area (Å²) in [7, 11) is 0. The van der Waals surface area contributed by atoms with Gasteiger partial charge < -0.3 is 15.4 Å². The van der Waals surface area contributed by atoms with Crippen LogP contribution in [0, 0.1) is 0 Å². The van der Waals surface area contributed by atoms with Gasteiger partial charge in [0.25, 0.3) is 5.91 Å². The molecule has 3 rings (SSSR count). The molecule has 2 heterocycles. The minimum absolute atomic E-state index is 0. The fourth-order valence-corrected chi connectivity index (χ4v) is 4.60. The van der Waals surface area contributed by atoms with E-state index in [2.05, 4.69) is 10.6 Å². The largest absolute Gasteiger partial charge is 0.368 e. The van der Waals surface area contributed by atoms with Gasteiger partial charge in [0, 0.05) is 16.9 Å². The van der Waals surface area contributed by atoms with E-state index in [1.54, 1.807) is 37.1 Å².